The average molecular weight is 310 g/mol. The van der Waals surface area contributed by atoms with Gasteiger partial charge in [-0.15, -0.1) is 11.3 Å². The Morgan fingerprint density at radius 3 is 3.00 bits per heavy atom. The number of amides is 2. The molecule has 1 fully saturated rings. The third kappa shape index (κ3) is 2.72. The maximum Gasteiger partial charge on any atom is 0.263 e. The summed E-state index contributed by atoms with van der Waals surface area (Å²) in [6, 6.07) is 2.04. The summed E-state index contributed by atoms with van der Waals surface area (Å²) in [4.78, 5) is 27.8. The van der Waals surface area contributed by atoms with Crippen LogP contribution in [-0.4, -0.2) is 35.6 Å². The predicted octanol–water partition coefficient (Wildman–Crippen LogP) is 1.87. The summed E-state index contributed by atoms with van der Waals surface area (Å²) in [5, 5.41) is 0. The van der Waals surface area contributed by atoms with E-state index in [-0.39, 0.29) is 17.7 Å². The van der Waals surface area contributed by atoms with Crippen LogP contribution in [0, 0.1) is 5.92 Å². The van der Waals surface area contributed by atoms with E-state index in [9.17, 15) is 9.59 Å². The lowest BCUT2D eigenvalue weighted by atomic mass is 9.97. The summed E-state index contributed by atoms with van der Waals surface area (Å²) in [6.07, 6.45) is 2.73. The predicted molar refractivity (Wildman–Crippen MR) is 82.0 cm³/mol. The fourth-order valence-electron chi connectivity index (χ4n) is 2.80. The molecule has 108 valence electrons. The first-order valence-electron chi connectivity index (χ1n) is 6.93. The van der Waals surface area contributed by atoms with Crippen molar-refractivity contribution in [1.82, 2.24) is 4.90 Å². The van der Waals surface area contributed by atoms with E-state index in [0.29, 0.717) is 6.54 Å². The minimum absolute atomic E-state index is 0.0698. The quantitative estimate of drug-likeness (QED) is 0.907. The number of rotatable bonds is 2. The van der Waals surface area contributed by atoms with E-state index in [1.165, 1.54) is 10.4 Å². The number of carbonyl (C=O) groups is 2. The highest BCUT2D eigenvalue weighted by Crippen LogP contribution is 2.32. The van der Waals surface area contributed by atoms with Crippen molar-refractivity contribution in [3.05, 3.63) is 21.4 Å². The third-order valence-electron chi connectivity index (χ3n) is 3.95. The molecular weight excluding hydrogens is 292 g/mol. The van der Waals surface area contributed by atoms with Crippen LogP contribution < -0.4 is 5.73 Å². The summed E-state index contributed by atoms with van der Waals surface area (Å²) >= 11 is 3.55. The first-order valence-corrected chi connectivity index (χ1v) is 8.90. The van der Waals surface area contributed by atoms with Crippen LogP contribution in [0.4, 0.5) is 0 Å². The maximum absolute atomic E-state index is 12.6. The summed E-state index contributed by atoms with van der Waals surface area (Å²) in [5.41, 5.74) is 6.69. The summed E-state index contributed by atoms with van der Waals surface area (Å²) in [7, 11) is 0. The molecule has 4 nitrogen and oxygen atoms in total. The van der Waals surface area contributed by atoms with Gasteiger partial charge in [0.05, 0.1) is 10.8 Å². The first kappa shape index (κ1) is 13.9. The van der Waals surface area contributed by atoms with Crippen LogP contribution in [0.1, 0.15) is 33.0 Å². The molecule has 1 aromatic rings. The number of primary amides is 1. The lowest BCUT2D eigenvalue weighted by Gasteiger charge is -2.30. The van der Waals surface area contributed by atoms with Gasteiger partial charge in [0.2, 0.25) is 5.91 Å². The van der Waals surface area contributed by atoms with Gasteiger partial charge in [0.15, 0.2) is 0 Å². The second-order valence-corrected chi connectivity index (χ2v) is 7.60. The lowest BCUT2D eigenvalue weighted by Crippen LogP contribution is -2.43. The molecule has 2 aliphatic rings. The molecule has 3 rings (SSSR count). The number of piperidine rings is 1. The molecule has 0 unspecified atom stereocenters. The summed E-state index contributed by atoms with van der Waals surface area (Å²) < 4.78 is 0. The van der Waals surface area contributed by atoms with Crippen LogP contribution in [0.15, 0.2) is 6.07 Å². The van der Waals surface area contributed by atoms with Gasteiger partial charge in [-0.05, 0) is 36.6 Å². The van der Waals surface area contributed by atoms with E-state index in [1.54, 1.807) is 16.2 Å². The first-order chi connectivity index (χ1) is 9.65. The van der Waals surface area contributed by atoms with Crippen molar-refractivity contribution in [2.75, 3.05) is 18.8 Å². The van der Waals surface area contributed by atoms with Gasteiger partial charge in [-0.1, -0.05) is 0 Å². The van der Waals surface area contributed by atoms with Gasteiger partial charge in [0.25, 0.3) is 5.91 Å². The highest BCUT2D eigenvalue weighted by molar-refractivity contribution is 7.98. The standard InChI is InChI=1S/C14H18N2O2S2/c15-13(17)9-2-1-4-16(7-9)14(18)12-6-10-8-19-5-3-11(10)20-12/h6,9H,1-5,7-8H2,(H2,15,17)/t9-/m1/s1. The van der Waals surface area contributed by atoms with Crippen LogP contribution in [-0.2, 0) is 17.0 Å². The molecule has 2 amide bonds. The van der Waals surface area contributed by atoms with Crippen molar-refractivity contribution >= 4 is 34.9 Å². The lowest BCUT2D eigenvalue weighted by molar-refractivity contribution is -0.123. The van der Waals surface area contributed by atoms with Crippen molar-refractivity contribution < 1.29 is 9.59 Å². The number of likely N-dealkylation sites (tertiary alicyclic amines) is 1. The Morgan fingerprint density at radius 1 is 1.40 bits per heavy atom. The number of aryl methyl sites for hydroxylation is 1. The number of fused-ring (bicyclic) bond motifs is 1. The number of hydrogen-bond acceptors (Lipinski definition) is 4. The number of carbonyl (C=O) groups excluding carboxylic acids is 2. The van der Waals surface area contributed by atoms with Gasteiger partial charge in [-0.3, -0.25) is 9.59 Å². The SMILES string of the molecule is NC(=O)[C@@H]1CCCN(C(=O)c2cc3c(s2)CCSC3)C1. The maximum atomic E-state index is 12.6. The Bertz CT molecular complexity index is 518. The second-order valence-electron chi connectivity index (χ2n) is 5.35. The van der Waals surface area contributed by atoms with Gasteiger partial charge in [0.1, 0.15) is 0 Å². The zero-order valence-corrected chi connectivity index (χ0v) is 12.9. The van der Waals surface area contributed by atoms with Crippen molar-refractivity contribution in [2.45, 2.75) is 25.0 Å². The van der Waals surface area contributed by atoms with Gasteiger partial charge in [-0.2, -0.15) is 11.8 Å². The van der Waals surface area contributed by atoms with Crippen LogP contribution in [0.5, 0.6) is 0 Å². The van der Waals surface area contributed by atoms with Crippen molar-refractivity contribution in [3.8, 4) is 0 Å². The second kappa shape index (κ2) is 5.77. The molecule has 0 saturated carbocycles. The fraction of sp³-hybridized carbons (Fsp3) is 0.571. The smallest absolute Gasteiger partial charge is 0.263 e. The average Bonchev–Trinajstić information content (AvgIpc) is 2.90. The highest BCUT2D eigenvalue weighted by Gasteiger charge is 2.29. The highest BCUT2D eigenvalue weighted by atomic mass is 32.2. The van der Waals surface area contributed by atoms with Crippen LogP contribution in [0.25, 0.3) is 0 Å². The molecule has 0 aromatic carbocycles. The number of nitrogens with zero attached hydrogens (tertiary/aromatic N) is 1. The molecule has 3 heterocycles. The number of thiophene rings is 1. The van der Waals surface area contributed by atoms with Gasteiger partial charge in [-0.25, -0.2) is 0 Å². The zero-order valence-electron chi connectivity index (χ0n) is 11.3. The van der Waals surface area contributed by atoms with Crippen molar-refractivity contribution in [1.29, 1.82) is 0 Å². The molecule has 0 bridgehead atoms. The normalized spacial score (nSPS) is 22.4. The minimum atomic E-state index is -0.288. The Hall–Kier alpha value is -1.01. The van der Waals surface area contributed by atoms with Crippen molar-refractivity contribution in [2.24, 2.45) is 11.7 Å². The number of hydrogen-bond donors (Lipinski definition) is 1. The molecule has 1 aromatic heterocycles. The van der Waals surface area contributed by atoms with Gasteiger partial charge >= 0.3 is 0 Å². The molecular formula is C14H18N2O2S2. The van der Waals surface area contributed by atoms with E-state index in [4.69, 9.17) is 5.73 Å². The van der Waals surface area contributed by atoms with Crippen LogP contribution >= 0.6 is 23.1 Å². The Labute approximate surface area is 126 Å². The minimum Gasteiger partial charge on any atom is -0.369 e. The Morgan fingerprint density at radius 2 is 2.25 bits per heavy atom. The molecule has 0 spiro atoms. The monoisotopic (exact) mass is 310 g/mol. The Kier molecular flexibility index (Phi) is 4.03. The molecule has 2 aliphatic heterocycles. The summed E-state index contributed by atoms with van der Waals surface area (Å²) in [6.45, 7) is 1.21. The molecule has 6 heteroatoms. The molecule has 1 saturated heterocycles. The molecule has 0 radical (unpaired) electrons. The molecule has 0 aliphatic carbocycles. The van der Waals surface area contributed by atoms with Crippen LogP contribution in [0.2, 0.25) is 0 Å². The van der Waals surface area contributed by atoms with Crippen molar-refractivity contribution in [3.63, 3.8) is 0 Å². The van der Waals surface area contributed by atoms with Gasteiger partial charge < -0.3 is 10.6 Å². The molecule has 20 heavy (non-hydrogen) atoms. The summed E-state index contributed by atoms with van der Waals surface area (Å²) in [5.74, 6) is 1.76. The van der Waals surface area contributed by atoms with Crippen LogP contribution in [0.3, 0.4) is 0 Å². The zero-order chi connectivity index (χ0) is 14.1. The van der Waals surface area contributed by atoms with E-state index >= 15 is 0 Å². The molecule has 2 N–H and O–H groups in total. The van der Waals surface area contributed by atoms with E-state index < -0.39 is 0 Å². The third-order valence-corrected chi connectivity index (χ3v) is 6.18. The number of nitrogens with two attached hydrogens (primary N) is 1. The Balaban J connectivity index is 1.75. The van der Waals surface area contributed by atoms with Gasteiger partial charge in [0, 0.05) is 23.7 Å². The largest absolute Gasteiger partial charge is 0.369 e. The topological polar surface area (TPSA) is 63.4 Å². The number of thioether (sulfide) groups is 1. The molecule has 1 atom stereocenters. The van der Waals surface area contributed by atoms with E-state index in [2.05, 4.69) is 0 Å². The van der Waals surface area contributed by atoms with E-state index in [1.807, 2.05) is 17.8 Å². The van der Waals surface area contributed by atoms with E-state index in [0.717, 1.165) is 42.2 Å². The fourth-order valence-corrected chi connectivity index (χ4v) is 5.14.